The summed E-state index contributed by atoms with van der Waals surface area (Å²) in [6, 6.07) is 5.52. The lowest BCUT2D eigenvalue weighted by atomic mass is 10.1. The predicted octanol–water partition coefficient (Wildman–Crippen LogP) is 1.88. The molecule has 0 aliphatic heterocycles. The third kappa shape index (κ3) is 4.91. The van der Waals surface area contributed by atoms with E-state index >= 15 is 0 Å². The number of urea groups is 1. The van der Waals surface area contributed by atoms with Crippen molar-refractivity contribution in [3.8, 4) is 0 Å². The molecule has 1 aromatic rings. The fraction of sp³-hybridized carbons (Fsp3) is 0.400. The summed E-state index contributed by atoms with van der Waals surface area (Å²) in [5, 5.41) is 5.17. The molecular weight excluding hydrogens is 270 g/mol. The number of carbonyl (C=O) groups excluding carboxylic acids is 3. The van der Waals surface area contributed by atoms with E-state index < -0.39 is 12.1 Å². The molecule has 0 bridgehead atoms. The SMILES string of the molecule is CCN(C)C(=O)C(C)NC(=O)Nc1cccc(C(C)=O)c1. The van der Waals surface area contributed by atoms with E-state index in [1.54, 1.807) is 38.2 Å². The van der Waals surface area contributed by atoms with Crippen LogP contribution in [0.1, 0.15) is 31.1 Å². The highest BCUT2D eigenvalue weighted by Gasteiger charge is 2.18. The first-order valence-corrected chi connectivity index (χ1v) is 6.78. The van der Waals surface area contributed by atoms with Crippen molar-refractivity contribution in [1.82, 2.24) is 10.2 Å². The number of hydrogen-bond acceptors (Lipinski definition) is 3. The maximum atomic E-state index is 11.8. The molecule has 3 amide bonds. The summed E-state index contributed by atoms with van der Waals surface area (Å²) in [5.74, 6) is -0.239. The largest absolute Gasteiger partial charge is 0.344 e. The minimum absolute atomic E-state index is 0.0767. The highest BCUT2D eigenvalue weighted by Crippen LogP contribution is 2.11. The Morgan fingerprint density at radius 1 is 1.29 bits per heavy atom. The molecule has 1 atom stereocenters. The monoisotopic (exact) mass is 291 g/mol. The number of rotatable bonds is 5. The molecule has 0 heterocycles. The second kappa shape index (κ2) is 7.42. The van der Waals surface area contributed by atoms with Crippen LogP contribution in [0.3, 0.4) is 0 Å². The van der Waals surface area contributed by atoms with E-state index in [1.165, 1.54) is 11.8 Å². The van der Waals surface area contributed by atoms with Crippen LogP contribution in [0.2, 0.25) is 0 Å². The minimum atomic E-state index is -0.620. The van der Waals surface area contributed by atoms with E-state index in [-0.39, 0.29) is 11.7 Å². The van der Waals surface area contributed by atoms with Crippen molar-refractivity contribution in [2.45, 2.75) is 26.8 Å². The fourth-order valence-electron chi connectivity index (χ4n) is 1.73. The Morgan fingerprint density at radius 3 is 2.52 bits per heavy atom. The smallest absolute Gasteiger partial charge is 0.319 e. The number of nitrogens with zero attached hydrogens (tertiary/aromatic N) is 1. The topological polar surface area (TPSA) is 78.5 Å². The molecule has 114 valence electrons. The standard InChI is InChI=1S/C15H21N3O3/c1-5-18(4)14(20)10(2)16-15(21)17-13-8-6-7-12(9-13)11(3)19/h6-10H,5H2,1-4H3,(H2,16,17,21). The van der Waals surface area contributed by atoms with Crippen molar-refractivity contribution < 1.29 is 14.4 Å². The van der Waals surface area contributed by atoms with Crippen molar-refractivity contribution in [3.05, 3.63) is 29.8 Å². The molecule has 1 unspecified atom stereocenters. The van der Waals surface area contributed by atoms with Gasteiger partial charge in [0.25, 0.3) is 0 Å². The molecule has 0 radical (unpaired) electrons. The molecule has 1 aromatic carbocycles. The van der Waals surface area contributed by atoms with E-state index in [2.05, 4.69) is 10.6 Å². The van der Waals surface area contributed by atoms with Crippen LogP contribution < -0.4 is 10.6 Å². The van der Waals surface area contributed by atoms with Crippen molar-refractivity contribution in [2.24, 2.45) is 0 Å². The first kappa shape index (κ1) is 16.7. The van der Waals surface area contributed by atoms with E-state index in [4.69, 9.17) is 0 Å². The number of anilines is 1. The van der Waals surface area contributed by atoms with Gasteiger partial charge in [-0.2, -0.15) is 0 Å². The van der Waals surface area contributed by atoms with Crippen LogP contribution in [0.5, 0.6) is 0 Å². The Labute approximate surface area is 124 Å². The van der Waals surface area contributed by atoms with Gasteiger partial charge >= 0.3 is 6.03 Å². The number of carbonyl (C=O) groups is 3. The summed E-state index contributed by atoms with van der Waals surface area (Å²) in [6.45, 7) is 5.52. The first-order valence-electron chi connectivity index (χ1n) is 6.78. The molecule has 2 N–H and O–H groups in total. The number of Topliss-reactive ketones (excluding diaryl/α,β-unsaturated/α-hetero) is 1. The molecule has 0 saturated carbocycles. The number of amides is 3. The number of benzene rings is 1. The van der Waals surface area contributed by atoms with Crippen LogP contribution in [-0.2, 0) is 4.79 Å². The van der Waals surface area contributed by atoms with Crippen molar-refractivity contribution in [3.63, 3.8) is 0 Å². The van der Waals surface area contributed by atoms with E-state index in [0.29, 0.717) is 17.8 Å². The lowest BCUT2D eigenvalue weighted by molar-refractivity contribution is -0.131. The minimum Gasteiger partial charge on any atom is -0.344 e. The summed E-state index contributed by atoms with van der Waals surface area (Å²) in [7, 11) is 1.68. The summed E-state index contributed by atoms with van der Waals surface area (Å²) < 4.78 is 0. The third-order valence-corrected chi connectivity index (χ3v) is 3.10. The Morgan fingerprint density at radius 2 is 1.95 bits per heavy atom. The zero-order valence-electron chi connectivity index (χ0n) is 12.8. The highest BCUT2D eigenvalue weighted by molar-refractivity contribution is 5.97. The third-order valence-electron chi connectivity index (χ3n) is 3.10. The summed E-state index contributed by atoms with van der Waals surface area (Å²) in [5.41, 5.74) is 1.02. The molecule has 6 nitrogen and oxygen atoms in total. The maximum Gasteiger partial charge on any atom is 0.319 e. The average molecular weight is 291 g/mol. The molecule has 0 aliphatic rings. The first-order chi connectivity index (χ1) is 9.85. The number of ketones is 1. The lowest BCUT2D eigenvalue weighted by Gasteiger charge is -2.20. The van der Waals surface area contributed by atoms with Gasteiger partial charge < -0.3 is 15.5 Å². The van der Waals surface area contributed by atoms with Crippen molar-refractivity contribution >= 4 is 23.4 Å². The summed E-state index contributed by atoms with van der Waals surface area (Å²) in [4.78, 5) is 36.5. The van der Waals surface area contributed by atoms with Crippen molar-refractivity contribution in [1.29, 1.82) is 0 Å². The Bertz CT molecular complexity index is 543. The number of likely N-dealkylation sites (N-methyl/N-ethyl adjacent to an activating group) is 1. The zero-order valence-corrected chi connectivity index (χ0v) is 12.8. The molecule has 1 rings (SSSR count). The van der Waals surface area contributed by atoms with Crippen molar-refractivity contribution in [2.75, 3.05) is 18.9 Å². The molecule has 0 aromatic heterocycles. The Kier molecular flexibility index (Phi) is 5.90. The van der Waals surface area contributed by atoms with Gasteiger partial charge in [0.1, 0.15) is 6.04 Å². The average Bonchev–Trinajstić information content (AvgIpc) is 2.45. The Balaban J connectivity index is 2.63. The second-order valence-corrected chi connectivity index (χ2v) is 4.81. The van der Waals surface area contributed by atoms with Gasteiger partial charge in [-0.3, -0.25) is 9.59 Å². The molecule has 0 aliphatic carbocycles. The van der Waals surface area contributed by atoms with Gasteiger partial charge in [-0.05, 0) is 32.9 Å². The van der Waals surface area contributed by atoms with Gasteiger partial charge in [-0.15, -0.1) is 0 Å². The van der Waals surface area contributed by atoms with Gasteiger partial charge in [0, 0.05) is 24.8 Å². The van der Waals surface area contributed by atoms with Gasteiger partial charge in [0.05, 0.1) is 0 Å². The van der Waals surface area contributed by atoms with Crippen LogP contribution in [0.4, 0.5) is 10.5 Å². The van der Waals surface area contributed by atoms with E-state index in [0.717, 1.165) is 0 Å². The van der Waals surface area contributed by atoms with Crippen LogP contribution in [0.25, 0.3) is 0 Å². The Hall–Kier alpha value is -2.37. The quantitative estimate of drug-likeness (QED) is 0.813. The highest BCUT2D eigenvalue weighted by atomic mass is 16.2. The second-order valence-electron chi connectivity index (χ2n) is 4.81. The number of hydrogen-bond donors (Lipinski definition) is 2. The van der Waals surface area contributed by atoms with Crippen LogP contribution in [-0.4, -0.2) is 42.3 Å². The number of nitrogens with one attached hydrogen (secondary N) is 2. The van der Waals surface area contributed by atoms with Gasteiger partial charge in [0.2, 0.25) is 5.91 Å². The van der Waals surface area contributed by atoms with Gasteiger partial charge in [-0.25, -0.2) is 4.79 Å². The lowest BCUT2D eigenvalue weighted by Crippen LogP contribution is -2.46. The van der Waals surface area contributed by atoms with Crippen LogP contribution >= 0.6 is 0 Å². The van der Waals surface area contributed by atoms with Crippen LogP contribution in [0.15, 0.2) is 24.3 Å². The molecule has 21 heavy (non-hydrogen) atoms. The predicted molar refractivity (Wildman–Crippen MR) is 81.4 cm³/mol. The molecule has 0 fully saturated rings. The fourth-order valence-corrected chi connectivity index (χ4v) is 1.73. The van der Waals surface area contributed by atoms with Gasteiger partial charge in [0.15, 0.2) is 5.78 Å². The molecule has 0 spiro atoms. The van der Waals surface area contributed by atoms with Crippen LogP contribution in [0, 0.1) is 0 Å². The molecule has 0 saturated heterocycles. The molecular formula is C15H21N3O3. The van der Waals surface area contributed by atoms with E-state index in [1.807, 2.05) is 6.92 Å². The normalized spacial score (nSPS) is 11.4. The zero-order chi connectivity index (χ0) is 16.0. The maximum absolute atomic E-state index is 11.8. The van der Waals surface area contributed by atoms with E-state index in [9.17, 15) is 14.4 Å². The van der Waals surface area contributed by atoms with Gasteiger partial charge in [-0.1, -0.05) is 12.1 Å². The molecule has 6 heteroatoms. The summed E-state index contributed by atoms with van der Waals surface area (Å²) in [6.07, 6.45) is 0. The summed E-state index contributed by atoms with van der Waals surface area (Å²) >= 11 is 0.